The molecule has 0 bridgehead atoms. The van der Waals surface area contributed by atoms with Gasteiger partial charge >= 0.3 is 6.36 Å². The number of benzene rings is 1. The third-order valence-corrected chi connectivity index (χ3v) is 3.03. The lowest BCUT2D eigenvalue weighted by molar-refractivity contribution is -0.274. The first kappa shape index (κ1) is 17.8. The summed E-state index contributed by atoms with van der Waals surface area (Å²) in [4.78, 5) is 0. The van der Waals surface area contributed by atoms with E-state index in [-0.39, 0.29) is 5.75 Å². The van der Waals surface area contributed by atoms with Crippen LogP contribution < -0.4 is 10.1 Å². The number of nitrogens with one attached hydrogen (secondary N) is 1. The van der Waals surface area contributed by atoms with Crippen LogP contribution in [0, 0.1) is 0 Å². The zero-order valence-corrected chi connectivity index (χ0v) is 12.4. The molecule has 0 saturated carbocycles. The highest BCUT2D eigenvalue weighted by Crippen LogP contribution is 2.23. The molecule has 0 spiro atoms. The molecule has 1 unspecified atom stereocenters. The average Bonchev–Trinajstić information content (AvgIpc) is 2.40. The van der Waals surface area contributed by atoms with Crippen molar-refractivity contribution in [1.82, 2.24) is 5.32 Å². The molecule has 0 amide bonds. The number of likely N-dealkylation sites (N-methyl/N-ethyl adjacent to an activating group) is 1. The largest absolute Gasteiger partial charge is 0.573 e. The summed E-state index contributed by atoms with van der Waals surface area (Å²) >= 11 is 0. The minimum atomic E-state index is -4.64. The van der Waals surface area contributed by atoms with Crippen LogP contribution in [0.4, 0.5) is 13.2 Å². The van der Waals surface area contributed by atoms with Crippen molar-refractivity contribution in [3.8, 4) is 5.75 Å². The molecule has 1 N–H and O–H groups in total. The fourth-order valence-corrected chi connectivity index (χ4v) is 2.15. The molecule has 0 aliphatic heterocycles. The first-order chi connectivity index (χ1) is 9.94. The highest BCUT2D eigenvalue weighted by molar-refractivity contribution is 5.28. The monoisotopic (exact) mass is 305 g/mol. The van der Waals surface area contributed by atoms with Crippen LogP contribution in [0.15, 0.2) is 24.3 Å². The molecule has 0 heterocycles. The Labute approximate surface area is 123 Å². The molecule has 0 aliphatic carbocycles. The van der Waals surface area contributed by atoms with Crippen molar-refractivity contribution in [2.75, 3.05) is 20.3 Å². The first-order valence-corrected chi connectivity index (χ1v) is 7.01. The van der Waals surface area contributed by atoms with Gasteiger partial charge in [-0.2, -0.15) is 0 Å². The SMILES string of the molecule is CCNC(CCCOC)Cc1ccc(OC(F)(F)F)cc1. The smallest absolute Gasteiger partial charge is 0.406 e. The Bertz CT molecular complexity index is 393. The summed E-state index contributed by atoms with van der Waals surface area (Å²) in [7, 11) is 1.67. The maximum absolute atomic E-state index is 12.1. The molecule has 0 saturated heterocycles. The fraction of sp³-hybridized carbons (Fsp3) is 0.600. The summed E-state index contributed by atoms with van der Waals surface area (Å²) in [5.74, 6) is -0.189. The second-order valence-corrected chi connectivity index (χ2v) is 4.79. The third kappa shape index (κ3) is 7.92. The van der Waals surface area contributed by atoms with Crippen LogP contribution in [0.2, 0.25) is 0 Å². The van der Waals surface area contributed by atoms with Crippen LogP contribution >= 0.6 is 0 Å². The Morgan fingerprint density at radius 2 is 1.86 bits per heavy atom. The molecule has 6 heteroatoms. The van der Waals surface area contributed by atoms with E-state index in [0.717, 1.165) is 31.4 Å². The first-order valence-electron chi connectivity index (χ1n) is 7.01. The van der Waals surface area contributed by atoms with Crippen molar-refractivity contribution in [3.05, 3.63) is 29.8 Å². The standard InChI is InChI=1S/C15H22F3NO2/c1-3-19-13(5-4-10-20-2)11-12-6-8-14(9-7-12)21-15(16,17)18/h6-9,13,19H,3-5,10-11H2,1-2H3. The van der Waals surface area contributed by atoms with Gasteiger partial charge in [0, 0.05) is 19.8 Å². The van der Waals surface area contributed by atoms with Crippen molar-refractivity contribution in [1.29, 1.82) is 0 Å². The van der Waals surface area contributed by atoms with Crippen LogP contribution in [0.5, 0.6) is 5.75 Å². The van der Waals surface area contributed by atoms with Gasteiger partial charge in [-0.25, -0.2) is 0 Å². The lowest BCUT2D eigenvalue weighted by atomic mass is 10.0. The van der Waals surface area contributed by atoms with Crippen molar-refractivity contribution in [2.24, 2.45) is 0 Å². The Balaban J connectivity index is 2.54. The molecule has 1 aromatic carbocycles. The number of alkyl halides is 3. The highest BCUT2D eigenvalue weighted by atomic mass is 19.4. The molecule has 1 aromatic rings. The van der Waals surface area contributed by atoms with Crippen LogP contribution in [-0.4, -0.2) is 32.7 Å². The van der Waals surface area contributed by atoms with Crippen LogP contribution in [0.3, 0.4) is 0 Å². The molecule has 0 radical (unpaired) electrons. The van der Waals surface area contributed by atoms with E-state index in [0.29, 0.717) is 12.6 Å². The summed E-state index contributed by atoms with van der Waals surface area (Å²) in [6, 6.07) is 6.32. The quantitative estimate of drug-likeness (QED) is 0.708. The van der Waals surface area contributed by atoms with E-state index < -0.39 is 6.36 Å². The molecule has 0 aromatic heterocycles. The van der Waals surface area contributed by atoms with Gasteiger partial charge in [0.1, 0.15) is 5.75 Å². The van der Waals surface area contributed by atoms with E-state index in [1.165, 1.54) is 12.1 Å². The fourth-order valence-electron chi connectivity index (χ4n) is 2.15. The second kappa shape index (κ2) is 8.89. The Morgan fingerprint density at radius 3 is 2.38 bits per heavy atom. The zero-order valence-electron chi connectivity index (χ0n) is 12.4. The van der Waals surface area contributed by atoms with E-state index in [4.69, 9.17) is 4.74 Å². The van der Waals surface area contributed by atoms with Crippen LogP contribution in [0.1, 0.15) is 25.3 Å². The molecule has 21 heavy (non-hydrogen) atoms. The number of halogens is 3. The number of ether oxygens (including phenoxy) is 2. The summed E-state index contributed by atoms with van der Waals surface area (Å²) in [5, 5.41) is 3.38. The van der Waals surface area contributed by atoms with Crippen molar-refractivity contribution < 1.29 is 22.6 Å². The van der Waals surface area contributed by atoms with Crippen molar-refractivity contribution >= 4 is 0 Å². The third-order valence-electron chi connectivity index (χ3n) is 3.03. The molecular formula is C15H22F3NO2. The highest BCUT2D eigenvalue weighted by Gasteiger charge is 2.30. The lowest BCUT2D eigenvalue weighted by Gasteiger charge is -2.18. The lowest BCUT2D eigenvalue weighted by Crippen LogP contribution is -2.31. The molecular weight excluding hydrogens is 283 g/mol. The zero-order chi connectivity index (χ0) is 15.7. The van der Waals surface area contributed by atoms with Crippen molar-refractivity contribution in [2.45, 2.75) is 38.6 Å². The molecule has 0 aliphatic rings. The van der Waals surface area contributed by atoms with E-state index in [1.54, 1.807) is 19.2 Å². The minimum Gasteiger partial charge on any atom is -0.406 e. The van der Waals surface area contributed by atoms with Gasteiger partial charge in [0.05, 0.1) is 0 Å². The topological polar surface area (TPSA) is 30.5 Å². The van der Waals surface area contributed by atoms with Crippen LogP contribution in [0.25, 0.3) is 0 Å². The van der Waals surface area contributed by atoms with E-state index >= 15 is 0 Å². The Hall–Kier alpha value is -1.27. The van der Waals surface area contributed by atoms with E-state index in [1.807, 2.05) is 6.92 Å². The summed E-state index contributed by atoms with van der Waals surface area (Å²) in [6.45, 7) is 3.59. The van der Waals surface area contributed by atoms with Crippen LogP contribution in [-0.2, 0) is 11.2 Å². The molecule has 1 rings (SSSR count). The van der Waals surface area contributed by atoms with Gasteiger partial charge in [-0.05, 0) is 43.5 Å². The van der Waals surface area contributed by atoms with Gasteiger partial charge in [0.25, 0.3) is 0 Å². The number of hydrogen-bond acceptors (Lipinski definition) is 3. The molecule has 0 fully saturated rings. The summed E-state index contributed by atoms with van der Waals surface area (Å²) in [5.41, 5.74) is 0.980. The minimum absolute atomic E-state index is 0.189. The maximum Gasteiger partial charge on any atom is 0.573 e. The van der Waals surface area contributed by atoms with Crippen molar-refractivity contribution in [3.63, 3.8) is 0 Å². The van der Waals surface area contributed by atoms with E-state index in [2.05, 4.69) is 10.1 Å². The predicted molar refractivity (Wildman–Crippen MR) is 75.4 cm³/mol. The van der Waals surface area contributed by atoms with Gasteiger partial charge in [-0.15, -0.1) is 13.2 Å². The number of methoxy groups -OCH3 is 1. The van der Waals surface area contributed by atoms with E-state index in [9.17, 15) is 13.2 Å². The molecule has 1 atom stereocenters. The maximum atomic E-state index is 12.1. The normalized spacial score (nSPS) is 13.2. The predicted octanol–water partition coefficient (Wildman–Crippen LogP) is 3.53. The Kier molecular flexibility index (Phi) is 7.53. The van der Waals surface area contributed by atoms with Gasteiger partial charge in [0.2, 0.25) is 0 Å². The Morgan fingerprint density at radius 1 is 1.19 bits per heavy atom. The number of hydrogen-bond donors (Lipinski definition) is 1. The second-order valence-electron chi connectivity index (χ2n) is 4.79. The molecule has 3 nitrogen and oxygen atoms in total. The van der Waals surface area contributed by atoms with Gasteiger partial charge in [-0.3, -0.25) is 0 Å². The van der Waals surface area contributed by atoms with Gasteiger partial charge in [0.15, 0.2) is 0 Å². The molecule has 120 valence electrons. The van der Waals surface area contributed by atoms with Gasteiger partial charge in [-0.1, -0.05) is 19.1 Å². The summed E-state index contributed by atoms with van der Waals surface area (Å²) < 4.78 is 45.1. The average molecular weight is 305 g/mol. The summed E-state index contributed by atoms with van der Waals surface area (Å²) in [6.07, 6.45) is -1.97. The van der Waals surface area contributed by atoms with Gasteiger partial charge < -0.3 is 14.8 Å². The number of rotatable bonds is 9.